The number of aromatic nitrogens is 8. The van der Waals surface area contributed by atoms with E-state index >= 15 is 4.39 Å². The maximum absolute atomic E-state index is 17.2. The van der Waals surface area contributed by atoms with Gasteiger partial charge in [-0.3, -0.25) is 4.98 Å². The maximum atomic E-state index is 17.2. The van der Waals surface area contributed by atoms with E-state index in [1.165, 1.54) is 18.5 Å². The highest BCUT2D eigenvalue weighted by atomic mass is 32.2. The van der Waals surface area contributed by atoms with Crippen LogP contribution in [0.1, 0.15) is 43.3 Å². The molecule has 2 saturated heterocycles. The predicted octanol–water partition coefficient (Wildman–Crippen LogP) is 5.78. The molecular weight excluding hydrogens is 736 g/mol. The van der Waals surface area contributed by atoms with Gasteiger partial charge in [-0.25, -0.2) is 14.4 Å². The first-order chi connectivity index (χ1) is 27.3. The molecule has 1 saturated carbocycles. The number of benzene rings is 3. The zero-order chi connectivity index (χ0) is 38.0. The van der Waals surface area contributed by atoms with Gasteiger partial charge in [0.15, 0.2) is 11.6 Å². The summed E-state index contributed by atoms with van der Waals surface area (Å²) in [6.45, 7) is 1.71. The summed E-state index contributed by atoms with van der Waals surface area (Å²) in [5.74, 6) is 2.20. The van der Waals surface area contributed by atoms with E-state index in [1.54, 1.807) is 30.6 Å². The van der Waals surface area contributed by atoms with Crippen molar-refractivity contribution >= 4 is 37.5 Å². The lowest BCUT2D eigenvalue weighted by molar-refractivity contribution is 0.293. The second-order valence-electron chi connectivity index (χ2n) is 14.6. The van der Waals surface area contributed by atoms with Gasteiger partial charge in [0, 0.05) is 74.8 Å². The first-order valence-corrected chi connectivity index (χ1v) is 20.2. The van der Waals surface area contributed by atoms with Crippen molar-refractivity contribution in [3.8, 4) is 28.8 Å². The number of imidazole rings is 1. The minimum absolute atomic E-state index is 0.00331. The largest absolute Gasteiger partial charge is 0.463 e. The Morgan fingerprint density at radius 2 is 1.75 bits per heavy atom. The fraction of sp³-hybridized carbons (Fsp3) is 0.300. The van der Waals surface area contributed by atoms with E-state index in [4.69, 9.17) is 19.4 Å². The van der Waals surface area contributed by atoms with Gasteiger partial charge in [-0.15, -0.1) is 9.19 Å². The summed E-state index contributed by atoms with van der Waals surface area (Å²) in [6.07, 6.45) is 11.1. The number of anilines is 1. The fourth-order valence-electron chi connectivity index (χ4n) is 7.74. The number of hydrogen-bond acceptors (Lipinski definition) is 12. The molecule has 0 amide bonds. The molecule has 3 fully saturated rings. The minimum Gasteiger partial charge on any atom is -0.463 e. The molecule has 284 valence electrons. The van der Waals surface area contributed by atoms with Crippen LogP contribution in [0.15, 0.2) is 90.5 Å². The zero-order valence-corrected chi connectivity index (χ0v) is 31.2. The predicted molar refractivity (Wildman–Crippen MR) is 206 cm³/mol. The molecule has 2 atom stereocenters. The molecule has 0 radical (unpaired) electrons. The van der Waals surface area contributed by atoms with Crippen LogP contribution in [0.2, 0.25) is 0 Å². The Labute approximate surface area is 321 Å². The van der Waals surface area contributed by atoms with Crippen LogP contribution in [-0.4, -0.2) is 78.9 Å². The Balaban J connectivity index is 1.02. The van der Waals surface area contributed by atoms with Crippen molar-refractivity contribution in [2.75, 3.05) is 24.6 Å². The molecule has 56 heavy (non-hydrogen) atoms. The van der Waals surface area contributed by atoms with Crippen LogP contribution in [0, 0.1) is 5.82 Å². The number of fused-ring (bicyclic) bond motifs is 4. The zero-order valence-electron chi connectivity index (χ0n) is 30.4. The van der Waals surface area contributed by atoms with Crippen molar-refractivity contribution in [3.05, 3.63) is 103 Å². The Morgan fingerprint density at radius 1 is 0.911 bits per heavy atom. The smallest absolute Gasteiger partial charge is 0.319 e. The molecular formula is C40H37FN10O4S. The third-order valence-electron chi connectivity index (χ3n) is 10.7. The van der Waals surface area contributed by atoms with Crippen LogP contribution in [0.3, 0.4) is 0 Å². The first-order valence-electron chi connectivity index (χ1n) is 18.7. The monoisotopic (exact) mass is 772 g/mol. The highest BCUT2D eigenvalue weighted by molar-refractivity contribution is 7.89. The summed E-state index contributed by atoms with van der Waals surface area (Å²) < 4.78 is 59.4. The molecule has 16 heteroatoms. The van der Waals surface area contributed by atoms with Gasteiger partial charge >= 0.3 is 6.01 Å². The molecule has 3 aliphatic rings. The van der Waals surface area contributed by atoms with Gasteiger partial charge in [0.1, 0.15) is 40.7 Å². The molecule has 2 aliphatic heterocycles. The first kappa shape index (κ1) is 34.5. The summed E-state index contributed by atoms with van der Waals surface area (Å²) >= 11 is 0. The number of hydrogen-bond donors (Lipinski definition) is 1. The van der Waals surface area contributed by atoms with Crippen molar-refractivity contribution in [3.63, 3.8) is 0 Å². The van der Waals surface area contributed by atoms with Crippen molar-refractivity contribution < 1.29 is 22.3 Å². The van der Waals surface area contributed by atoms with E-state index in [1.807, 2.05) is 48.1 Å². The normalized spacial score (nSPS) is 18.2. The van der Waals surface area contributed by atoms with Crippen LogP contribution in [0.4, 0.5) is 10.2 Å². The summed E-state index contributed by atoms with van der Waals surface area (Å²) in [6, 6.07) is 18.0. The molecule has 0 unspecified atom stereocenters. The van der Waals surface area contributed by atoms with Crippen LogP contribution < -0.4 is 19.7 Å². The third kappa shape index (κ3) is 6.37. The van der Waals surface area contributed by atoms with Crippen molar-refractivity contribution in [2.24, 2.45) is 7.05 Å². The third-order valence-corrected chi connectivity index (χ3v) is 12.3. The summed E-state index contributed by atoms with van der Waals surface area (Å²) in [5, 5.41) is 9.90. The molecule has 2 bridgehead atoms. The number of halogens is 1. The van der Waals surface area contributed by atoms with Gasteiger partial charge in [0.05, 0.1) is 16.9 Å². The SMILES string of the molecule is Cn1ccnc1CCOc1nc(N2C[C@H]3CC[C@@H](C2)N3)c2cnc(-c3cc(Oc4cccc(S(=O)(=O)n5cnc(C6CC6)n5)c4)cc4ccccc34)c(F)c2n1. The molecule has 4 aromatic heterocycles. The van der Waals surface area contributed by atoms with E-state index < -0.39 is 15.8 Å². The van der Waals surface area contributed by atoms with Gasteiger partial charge in [0.25, 0.3) is 10.0 Å². The van der Waals surface area contributed by atoms with Crippen LogP contribution in [0.25, 0.3) is 32.9 Å². The van der Waals surface area contributed by atoms with Crippen molar-refractivity contribution in [2.45, 2.75) is 55.0 Å². The molecule has 1 aliphatic carbocycles. The molecule has 14 nitrogen and oxygen atoms in total. The molecule has 3 aromatic carbocycles. The van der Waals surface area contributed by atoms with Crippen molar-refractivity contribution in [1.82, 2.24) is 44.0 Å². The second kappa shape index (κ2) is 13.6. The minimum atomic E-state index is -4.02. The second-order valence-corrected chi connectivity index (χ2v) is 16.4. The quantitative estimate of drug-likeness (QED) is 0.170. The van der Waals surface area contributed by atoms with Gasteiger partial charge in [-0.1, -0.05) is 30.3 Å². The summed E-state index contributed by atoms with van der Waals surface area (Å²) in [4.78, 5) is 24.9. The molecule has 7 aromatic rings. The van der Waals surface area contributed by atoms with Crippen LogP contribution in [-0.2, 0) is 23.5 Å². The van der Waals surface area contributed by atoms with Gasteiger partial charge in [-0.2, -0.15) is 18.4 Å². The van der Waals surface area contributed by atoms with Gasteiger partial charge in [-0.05, 0) is 60.7 Å². The fourth-order valence-corrected chi connectivity index (χ4v) is 8.84. The molecule has 10 rings (SSSR count). The lowest BCUT2D eigenvalue weighted by Gasteiger charge is -2.34. The van der Waals surface area contributed by atoms with E-state index in [0.717, 1.165) is 59.5 Å². The van der Waals surface area contributed by atoms with Crippen LogP contribution in [0.5, 0.6) is 17.5 Å². The number of nitrogens with zero attached hydrogens (tertiary/aromatic N) is 9. The number of rotatable bonds is 11. The molecule has 1 N–H and O–H groups in total. The van der Waals surface area contributed by atoms with Gasteiger partial charge < -0.3 is 24.3 Å². The summed E-state index contributed by atoms with van der Waals surface area (Å²) in [7, 11) is -2.10. The summed E-state index contributed by atoms with van der Waals surface area (Å²) in [5.41, 5.74) is 0.662. The Bertz CT molecular complexity index is 2740. The lowest BCUT2D eigenvalue weighted by atomic mass is 10.00. The standard InChI is InChI=1S/C40H37FN10O4S/c1-49-15-14-42-34(49)13-16-54-40-46-37-33(39(47-40)50-21-26-11-12-27(22-50)45-26)20-43-36(35(37)41)32-19-29(17-25-5-2-3-8-31(25)32)55-28-6-4-7-30(18-28)56(52,53)51-23-44-38(48-51)24-9-10-24/h2-8,14-15,17-20,23-24,26-27,45H,9-13,16,21-22H2,1H3/t26-,27+. The molecule has 6 heterocycles. The highest BCUT2D eigenvalue weighted by Gasteiger charge is 2.34. The highest BCUT2D eigenvalue weighted by Crippen LogP contribution is 2.40. The number of nitrogens with one attached hydrogen (secondary N) is 1. The van der Waals surface area contributed by atoms with E-state index in [0.29, 0.717) is 46.8 Å². The van der Waals surface area contributed by atoms with E-state index in [9.17, 15) is 8.42 Å². The topological polar surface area (TPSA) is 155 Å². The Morgan fingerprint density at radius 3 is 2.55 bits per heavy atom. The molecule has 0 spiro atoms. The number of aryl methyl sites for hydroxylation is 1. The lowest BCUT2D eigenvalue weighted by Crippen LogP contribution is -2.51. The average Bonchev–Trinajstić information content (AvgIpc) is 3.61. The average molecular weight is 773 g/mol. The number of piperazine rings is 1. The van der Waals surface area contributed by atoms with E-state index in [2.05, 4.69) is 30.3 Å². The Kier molecular flexibility index (Phi) is 8.40. The number of ether oxygens (including phenoxy) is 2. The maximum Gasteiger partial charge on any atom is 0.319 e. The van der Waals surface area contributed by atoms with E-state index in [-0.39, 0.29) is 40.4 Å². The van der Waals surface area contributed by atoms with Gasteiger partial charge in [0.2, 0.25) is 0 Å². The Hall–Kier alpha value is -6.00. The number of pyridine rings is 1. The van der Waals surface area contributed by atoms with Crippen molar-refractivity contribution in [1.29, 1.82) is 0 Å². The van der Waals surface area contributed by atoms with Crippen LogP contribution >= 0.6 is 0 Å².